The molecule has 0 aliphatic heterocycles. The van der Waals surface area contributed by atoms with Gasteiger partial charge in [-0.25, -0.2) is 0 Å². The van der Waals surface area contributed by atoms with Crippen molar-refractivity contribution in [2.45, 2.75) is 19.4 Å². The molecule has 1 unspecified atom stereocenters. The van der Waals surface area contributed by atoms with Gasteiger partial charge >= 0.3 is 5.97 Å². The quantitative estimate of drug-likeness (QED) is 0.326. The first-order valence-corrected chi connectivity index (χ1v) is 10.1. The average molecular weight is 466 g/mol. The molecule has 0 fully saturated rings. The van der Waals surface area contributed by atoms with Crippen molar-refractivity contribution in [3.63, 3.8) is 0 Å². The Labute approximate surface area is 191 Å². The summed E-state index contributed by atoms with van der Waals surface area (Å²) >= 11 is 17.5. The molecule has 0 aliphatic carbocycles. The van der Waals surface area contributed by atoms with Gasteiger partial charge in [0.15, 0.2) is 17.6 Å². The zero-order valence-electron chi connectivity index (χ0n) is 16.5. The second-order valence-corrected chi connectivity index (χ2v) is 7.44. The highest BCUT2D eigenvalue weighted by Gasteiger charge is 2.21. The Hall–Kier alpha value is -2.46. The van der Waals surface area contributed by atoms with Gasteiger partial charge in [-0.1, -0.05) is 53.5 Å². The number of nitrogens with one attached hydrogen (secondary N) is 1. The fourth-order valence-corrected chi connectivity index (χ4v) is 3.24. The molecule has 0 bridgehead atoms. The van der Waals surface area contributed by atoms with Gasteiger partial charge < -0.3 is 19.5 Å². The molecule has 0 amide bonds. The molecule has 2 aromatic carbocycles. The van der Waals surface area contributed by atoms with Crippen molar-refractivity contribution in [3.05, 3.63) is 57.6 Å². The molecule has 5 nitrogen and oxygen atoms in total. The highest BCUT2D eigenvalue weighted by Crippen LogP contribution is 2.29. The van der Waals surface area contributed by atoms with Gasteiger partial charge in [-0.3, -0.25) is 4.79 Å². The Kier molecular flexibility index (Phi) is 9.25. The van der Waals surface area contributed by atoms with E-state index in [9.17, 15) is 4.79 Å². The third kappa shape index (κ3) is 6.81. The first kappa shape index (κ1) is 23.8. The second-order valence-electron chi connectivity index (χ2n) is 6.18. The fourth-order valence-electron chi connectivity index (χ4n) is 2.64. The minimum atomic E-state index is -0.763. The molecule has 30 heavy (non-hydrogen) atoms. The van der Waals surface area contributed by atoms with Gasteiger partial charge in [0, 0.05) is 19.0 Å². The summed E-state index contributed by atoms with van der Waals surface area (Å²) < 4.78 is 16.2. The van der Waals surface area contributed by atoms with Crippen LogP contribution in [-0.2, 0) is 16.0 Å². The highest BCUT2D eigenvalue weighted by atomic mass is 35.5. The van der Waals surface area contributed by atoms with Gasteiger partial charge in [-0.15, -0.1) is 6.42 Å². The predicted octanol–water partition coefficient (Wildman–Crippen LogP) is 4.78. The first-order valence-electron chi connectivity index (χ1n) is 8.98. The molecule has 0 aromatic heterocycles. The van der Waals surface area contributed by atoms with E-state index < -0.39 is 12.1 Å². The lowest BCUT2D eigenvalue weighted by molar-refractivity contribution is -0.143. The van der Waals surface area contributed by atoms with E-state index >= 15 is 0 Å². The van der Waals surface area contributed by atoms with Gasteiger partial charge in [-0.05, 0) is 36.2 Å². The van der Waals surface area contributed by atoms with Crippen LogP contribution in [0.5, 0.6) is 11.5 Å². The molecule has 0 heterocycles. The van der Waals surface area contributed by atoms with E-state index in [1.54, 1.807) is 31.4 Å². The van der Waals surface area contributed by atoms with Crippen LogP contribution in [0.25, 0.3) is 0 Å². The lowest BCUT2D eigenvalue weighted by Gasteiger charge is -2.20. The van der Waals surface area contributed by atoms with E-state index in [-0.39, 0.29) is 6.61 Å². The van der Waals surface area contributed by atoms with E-state index in [0.29, 0.717) is 45.1 Å². The monoisotopic (exact) mass is 465 g/mol. The number of carbonyl (C=O) groups excluding carboxylic acids is 1. The van der Waals surface area contributed by atoms with Gasteiger partial charge in [0.1, 0.15) is 11.6 Å². The molecular formula is C22H21Cl2NO4S. The third-order valence-corrected chi connectivity index (χ3v) is 5.12. The Morgan fingerprint density at radius 1 is 1.20 bits per heavy atom. The summed E-state index contributed by atoms with van der Waals surface area (Å²) in [6.07, 6.45) is 5.11. The zero-order valence-corrected chi connectivity index (χ0v) is 18.9. The Morgan fingerprint density at radius 2 is 1.97 bits per heavy atom. The van der Waals surface area contributed by atoms with Crippen molar-refractivity contribution in [2.75, 3.05) is 20.3 Å². The van der Waals surface area contributed by atoms with Gasteiger partial charge in [0.25, 0.3) is 0 Å². The molecule has 2 rings (SSSR count). The molecule has 0 radical (unpaired) electrons. The van der Waals surface area contributed by atoms with E-state index in [1.807, 2.05) is 12.1 Å². The number of esters is 1. The van der Waals surface area contributed by atoms with Crippen LogP contribution in [0.3, 0.4) is 0 Å². The number of halogens is 2. The number of thiocarbonyl (C=S) groups is 1. The van der Waals surface area contributed by atoms with Crippen LogP contribution in [0, 0.1) is 12.3 Å². The molecule has 1 N–H and O–H groups in total. The summed E-state index contributed by atoms with van der Waals surface area (Å²) in [5, 5.41) is 3.90. The number of terminal acetylenes is 1. The summed E-state index contributed by atoms with van der Waals surface area (Å²) in [5.74, 6) is 3.14. The van der Waals surface area contributed by atoms with Crippen LogP contribution in [-0.4, -0.2) is 31.2 Å². The molecule has 0 spiro atoms. The number of benzene rings is 2. The maximum atomic E-state index is 11.5. The van der Waals surface area contributed by atoms with Crippen LogP contribution >= 0.6 is 35.4 Å². The van der Waals surface area contributed by atoms with Crippen LogP contribution in [0.4, 0.5) is 0 Å². The summed E-state index contributed by atoms with van der Waals surface area (Å²) in [6.45, 7) is 2.01. The highest BCUT2D eigenvalue weighted by molar-refractivity contribution is 7.80. The van der Waals surface area contributed by atoms with Crippen molar-refractivity contribution in [3.8, 4) is 23.8 Å². The molecule has 2 aromatic rings. The van der Waals surface area contributed by atoms with Gasteiger partial charge in [0.05, 0.1) is 17.2 Å². The smallest absolute Gasteiger partial charge is 0.303 e. The van der Waals surface area contributed by atoms with Crippen LogP contribution < -0.4 is 14.8 Å². The predicted molar refractivity (Wildman–Crippen MR) is 123 cm³/mol. The summed E-state index contributed by atoms with van der Waals surface area (Å²) in [6, 6.07) is 10.6. The number of ether oxygens (including phenoxy) is 3. The van der Waals surface area contributed by atoms with Crippen molar-refractivity contribution in [1.29, 1.82) is 0 Å². The average Bonchev–Trinajstić information content (AvgIpc) is 2.72. The van der Waals surface area contributed by atoms with Gasteiger partial charge in [-0.2, -0.15) is 0 Å². The number of hydrogen-bond acceptors (Lipinski definition) is 5. The molecule has 0 saturated carbocycles. The van der Waals surface area contributed by atoms with E-state index in [0.717, 1.165) is 5.56 Å². The molecule has 158 valence electrons. The van der Waals surface area contributed by atoms with Crippen LogP contribution in [0.2, 0.25) is 10.0 Å². The van der Waals surface area contributed by atoms with Crippen molar-refractivity contribution in [1.82, 2.24) is 5.32 Å². The normalized spacial score (nSPS) is 11.2. The summed E-state index contributed by atoms with van der Waals surface area (Å²) in [5.41, 5.74) is 1.64. The van der Waals surface area contributed by atoms with Crippen molar-refractivity contribution >= 4 is 46.4 Å². The topological polar surface area (TPSA) is 56.8 Å². The number of hydrogen-bond donors (Lipinski definition) is 1. The minimum absolute atomic E-state index is 0.164. The minimum Gasteiger partial charge on any atom is -0.493 e. The second kappa shape index (κ2) is 11.7. The number of rotatable bonds is 9. The van der Waals surface area contributed by atoms with Crippen LogP contribution in [0.15, 0.2) is 36.4 Å². The first-order chi connectivity index (χ1) is 14.3. The largest absolute Gasteiger partial charge is 0.493 e. The molecule has 0 aliphatic rings. The Morgan fingerprint density at radius 3 is 2.60 bits per heavy atom. The maximum absolute atomic E-state index is 11.5. The maximum Gasteiger partial charge on any atom is 0.303 e. The SMILES string of the molecule is C#CCOc1ccc(CCNC(=S)C(OC(C)=O)c2ccc(Cl)c(Cl)c2)cc1OC. The zero-order chi connectivity index (χ0) is 22.1. The van der Waals surface area contributed by atoms with E-state index in [2.05, 4.69) is 11.2 Å². The molecule has 1 atom stereocenters. The standard InChI is InChI=1S/C22H21Cl2NO4S/c1-4-11-28-19-8-5-15(12-20(19)27-3)9-10-25-22(30)21(29-14(2)26)16-6-7-17(23)18(24)13-16/h1,5-8,12-13,21H,9-11H2,2-3H3,(H,25,30). The Balaban J connectivity index is 2.04. The summed E-state index contributed by atoms with van der Waals surface area (Å²) in [4.78, 5) is 11.9. The lowest BCUT2D eigenvalue weighted by Crippen LogP contribution is -2.31. The lowest BCUT2D eigenvalue weighted by atomic mass is 10.1. The summed E-state index contributed by atoms with van der Waals surface area (Å²) in [7, 11) is 1.57. The fraction of sp³-hybridized carbons (Fsp3) is 0.273. The molecule has 0 saturated heterocycles. The Bertz CT molecular complexity index is 959. The molecule has 8 heteroatoms. The molecular weight excluding hydrogens is 445 g/mol. The van der Waals surface area contributed by atoms with Gasteiger partial charge in [0.2, 0.25) is 0 Å². The van der Waals surface area contributed by atoms with E-state index in [4.69, 9.17) is 56.1 Å². The van der Waals surface area contributed by atoms with Crippen molar-refractivity contribution in [2.24, 2.45) is 0 Å². The van der Waals surface area contributed by atoms with E-state index in [1.165, 1.54) is 6.92 Å². The third-order valence-electron chi connectivity index (χ3n) is 4.02. The number of carbonyl (C=O) groups is 1. The van der Waals surface area contributed by atoms with Crippen molar-refractivity contribution < 1.29 is 19.0 Å². The van der Waals surface area contributed by atoms with Crippen LogP contribution in [0.1, 0.15) is 24.2 Å². The number of methoxy groups -OCH3 is 1.